The summed E-state index contributed by atoms with van der Waals surface area (Å²) in [6, 6.07) is 6.30. The smallest absolute Gasteiger partial charge is 0.194 e. The molecule has 0 spiro atoms. The van der Waals surface area contributed by atoms with Crippen LogP contribution in [-0.4, -0.2) is 23.0 Å². The Bertz CT molecular complexity index is 712. The van der Waals surface area contributed by atoms with Crippen molar-refractivity contribution in [3.63, 3.8) is 0 Å². The predicted octanol–water partition coefficient (Wildman–Crippen LogP) is 4.80. The van der Waals surface area contributed by atoms with Gasteiger partial charge in [-0.25, -0.2) is 0 Å². The minimum absolute atomic E-state index is 0.205. The van der Waals surface area contributed by atoms with Gasteiger partial charge >= 0.3 is 0 Å². The summed E-state index contributed by atoms with van der Waals surface area (Å²) in [5.41, 5.74) is 4.36. The highest BCUT2D eigenvalue weighted by Gasteiger charge is 2.13. The maximum atomic E-state index is 13.1. The van der Waals surface area contributed by atoms with E-state index >= 15 is 0 Å². The molecular weight excluding hydrogens is 296 g/mol. The molecule has 1 N–H and O–H groups in total. The standard InChI is InChI=1S/C21H32N2O/c1-5-8-9-17-10-11-20-18(14-17)21(24)19(16(4)22-20)15-23(12-6-2)13-7-3/h10-11,14H,5-9,12-13,15H2,1-4H3,(H,22,24). The lowest BCUT2D eigenvalue weighted by atomic mass is 10.0. The van der Waals surface area contributed by atoms with E-state index < -0.39 is 0 Å². The largest absolute Gasteiger partial charge is 0.358 e. The van der Waals surface area contributed by atoms with Crippen molar-refractivity contribution in [1.82, 2.24) is 9.88 Å². The summed E-state index contributed by atoms with van der Waals surface area (Å²) < 4.78 is 0. The zero-order valence-corrected chi connectivity index (χ0v) is 15.7. The first kappa shape index (κ1) is 18.7. The SMILES string of the molecule is CCCCc1ccc2[nH]c(C)c(CN(CCC)CCC)c(=O)c2c1. The normalized spacial score (nSPS) is 11.5. The summed E-state index contributed by atoms with van der Waals surface area (Å²) >= 11 is 0. The molecule has 0 bridgehead atoms. The summed E-state index contributed by atoms with van der Waals surface area (Å²) in [5.74, 6) is 0. The van der Waals surface area contributed by atoms with Crippen LogP contribution in [0.5, 0.6) is 0 Å². The number of benzene rings is 1. The molecule has 0 saturated heterocycles. The Balaban J connectivity index is 2.40. The molecule has 3 heteroatoms. The van der Waals surface area contributed by atoms with E-state index in [1.807, 2.05) is 6.92 Å². The van der Waals surface area contributed by atoms with Crippen LogP contribution in [0.25, 0.3) is 10.9 Å². The maximum absolute atomic E-state index is 13.1. The average Bonchev–Trinajstić information content (AvgIpc) is 2.57. The molecular formula is C21H32N2O. The van der Waals surface area contributed by atoms with E-state index in [1.165, 1.54) is 18.4 Å². The second kappa shape index (κ2) is 9.03. The molecule has 132 valence electrons. The maximum Gasteiger partial charge on any atom is 0.194 e. The van der Waals surface area contributed by atoms with Gasteiger partial charge in [0.2, 0.25) is 0 Å². The molecule has 0 aliphatic heterocycles. The summed E-state index contributed by atoms with van der Waals surface area (Å²) in [6.45, 7) is 11.4. The molecule has 0 amide bonds. The fourth-order valence-corrected chi connectivity index (χ4v) is 3.35. The van der Waals surface area contributed by atoms with Crippen molar-refractivity contribution in [2.75, 3.05) is 13.1 Å². The van der Waals surface area contributed by atoms with Gasteiger partial charge in [0.1, 0.15) is 0 Å². The number of aromatic amines is 1. The Kier molecular flexibility index (Phi) is 7.04. The quantitative estimate of drug-likeness (QED) is 0.717. The van der Waals surface area contributed by atoms with Crippen molar-refractivity contribution >= 4 is 10.9 Å². The summed E-state index contributed by atoms with van der Waals surface area (Å²) in [5, 5.41) is 0.845. The Labute approximate surface area is 146 Å². The number of fused-ring (bicyclic) bond motifs is 1. The van der Waals surface area contributed by atoms with Gasteiger partial charge in [-0.05, 0) is 63.4 Å². The molecule has 0 aliphatic rings. The molecule has 2 aromatic rings. The van der Waals surface area contributed by atoms with Gasteiger partial charge < -0.3 is 4.98 Å². The van der Waals surface area contributed by atoms with Gasteiger partial charge in [0.05, 0.1) is 0 Å². The lowest BCUT2D eigenvalue weighted by Gasteiger charge is -2.22. The van der Waals surface area contributed by atoms with E-state index in [-0.39, 0.29) is 5.43 Å². The molecule has 0 unspecified atom stereocenters. The highest BCUT2D eigenvalue weighted by Crippen LogP contribution is 2.16. The summed E-state index contributed by atoms with van der Waals surface area (Å²) in [6.07, 6.45) is 5.63. The Morgan fingerprint density at radius 1 is 1.04 bits per heavy atom. The molecule has 2 rings (SSSR count). The third kappa shape index (κ3) is 4.47. The number of aryl methyl sites for hydroxylation is 2. The molecule has 1 heterocycles. The minimum Gasteiger partial charge on any atom is -0.358 e. The molecule has 0 saturated carbocycles. The summed E-state index contributed by atoms with van der Waals surface area (Å²) in [7, 11) is 0. The fourth-order valence-electron chi connectivity index (χ4n) is 3.35. The van der Waals surface area contributed by atoms with E-state index in [2.05, 4.69) is 48.9 Å². The topological polar surface area (TPSA) is 36.1 Å². The minimum atomic E-state index is 0.205. The van der Waals surface area contributed by atoms with E-state index in [0.717, 1.165) is 61.1 Å². The van der Waals surface area contributed by atoms with Crippen LogP contribution in [0.1, 0.15) is 63.3 Å². The monoisotopic (exact) mass is 328 g/mol. The third-order valence-electron chi connectivity index (χ3n) is 4.66. The highest BCUT2D eigenvalue weighted by molar-refractivity contribution is 5.80. The van der Waals surface area contributed by atoms with Crippen molar-refractivity contribution in [3.05, 3.63) is 45.2 Å². The fraction of sp³-hybridized carbons (Fsp3) is 0.571. The predicted molar refractivity (Wildman–Crippen MR) is 104 cm³/mol. The van der Waals surface area contributed by atoms with Crippen LogP contribution in [0.4, 0.5) is 0 Å². The van der Waals surface area contributed by atoms with Gasteiger partial charge in [-0.3, -0.25) is 9.69 Å². The van der Waals surface area contributed by atoms with Crippen LogP contribution in [0.15, 0.2) is 23.0 Å². The average molecular weight is 329 g/mol. The second-order valence-corrected chi connectivity index (χ2v) is 6.82. The van der Waals surface area contributed by atoms with Crippen LogP contribution in [0, 0.1) is 6.92 Å². The van der Waals surface area contributed by atoms with Crippen LogP contribution in [0.2, 0.25) is 0 Å². The number of hydrogen-bond donors (Lipinski definition) is 1. The highest BCUT2D eigenvalue weighted by atomic mass is 16.1. The number of unbranched alkanes of at least 4 members (excludes halogenated alkanes) is 1. The van der Waals surface area contributed by atoms with Crippen LogP contribution >= 0.6 is 0 Å². The van der Waals surface area contributed by atoms with E-state index in [4.69, 9.17) is 0 Å². The molecule has 0 atom stereocenters. The number of nitrogens with zero attached hydrogens (tertiary/aromatic N) is 1. The first-order valence-corrected chi connectivity index (χ1v) is 9.47. The van der Waals surface area contributed by atoms with Gasteiger partial charge in [0.25, 0.3) is 0 Å². The molecule has 0 radical (unpaired) electrons. The lowest BCUT2D eigenvalue weighted by Crippen LogP contribution is -2.29. The van der Waals surface area contributed by atoms with Gasteiger partial charge in [-0.1, -0.05) is 33.3 Å². The van der Waals surface area contributed by atoms with Crippen molar-refractivity contribution in [2.45, 2.75) is 66.3 Å². The van der Waals surface area contributed by atoms with Crippen molar-refractivity contribution in [1.29, 1.82) is 0 Å². The number of rotatable bonds is 9. The van der Waals surface area contributed by atoms with Crippen molar-refractivity contribution < 1.29 is 0 Å². The van der Waals surface area contributed by atoms with Crippen LogP contribution < -0.4 is 5.43 Å². The van der Waals surface area contributed by atoms with Crippen LogP contribution in [0.3, 0.4) is 0 Å². The van der Waals surface area contributed by atoms with Crippen molar-refractivity contribution in [3.8, 4) is 0 Å². The van der Waals surface area contributed by atoms with E-state index in [0.29, 0.717) is 0 Å². The van der Waals surface area contributed by atoms with E-state index in [1.54, 1.807) is 0 Å². The van der Waals surface area contributed by atoms with E-state index in [9.17, 15) is 4.79 Å². The first-order chi connectivity index (χ1) is 11.6. The summed E-state index contributed by atoms with van der Waals surface area (Å²) in [4.78, 5) is 18.9. The zero-order valence-electron chi connectivity index (χ0n) is 15.7. The number of nitrogens with one attached hydrogen (secondary N) is 1. The Hall–Kier alpha value is -1.61. The van der Waals surface area contributed by atoms with Crippen LogP contribution in [-0.2, 0) is 13.0 Å². The van der Waals surface area contributed by atoms with Gasteiger partial charge in [-0.15, -0.1) is 0 Å². The molecule has 0 aliphatic carbocycles. The van der Waals surface area contributed by atoms with Gasteiger partial charge in [0, 0.05) is 28.7 Å². The zero-order chi connectivity index (χ0) is 17.5. The van der Waals surface area contributed by atoms with Gasteiger partial charge in [-0.2, -0.15) is 0 Å². The molecule has 1 aromatic carbocycles. The molecule has 1 aromatic heterocycles. The number of hydrogen-bond acceptors (Lipinski definition) is 2. The Morgan fingerprint density at radius 2 is 1.75 bits per heavy atom. The van der Waals surface area contributed by atoms with Crippen molar-refractivity contribution in [2.24, 2.45) is 0 Å². The first-order valence-electron chi connectivity index (χ1n) is 9.47. The van der Waals surface area contributed by atoms with Gasteiger partial charge in [0.15, 0.2) is 5.43 Å². The third-order valence-corrected chi connectivity index (χ3v) is 4.66. The molecule has 3 nitrogen and oxygen atoms in total. The number of H-pyrrole nitrogens is 1. The second-order valence-electron chi connectivity index (χ2n) is 6.82. The number of pyridine rings is 1. The number of aromatic nitrogens is 1. The molecule has 0 fully saturated rings. The Morgan fingerprint density at radius 3 is 2.38 bits per heavy atom. The molecule has 24 heavy (non-hydrogen) atoms. The lowest BCUT2D eigenvalue weighted by molar-refractivity contribution is 0.265.